The highest BCUT2D eigenvalue weighted by Crippen LogP contribution is 2.25. The largest absolute Gasteiger partial charge is 0.379 e. The second-order valence-corrected chi connectivity index (χ2v) is 8.56. The van der Waals surface area contributed by atoms with Crippen molar-refractivity contribution in [3.63, 3.8) is 0 Å². The highest BCUT2D eigenvalue weighted by atomic mass is 127. The van der Waals surface area contributed by atoms with Gasteiger partial charge in [0.05, 0.1) is 25.8 Å². The molecule has 3 heterocycles. The van der Waals surface area contributed by atoms with Gasteiger partial charge >= 0.3 is 0 Å². The van der Waals surface area contributed by atoms with Gasteiger partial charge in [-0.05, 0) is 50.7 Å². The van der Waals surface area contributed by atoms with Gasteiger partial charge in [-0.3, -0.25) is 14.8 Å². The summed E-state index contributed by atoms with van der Waals surface area (Å²) in [5, 5.41) is 9.23. The molecule has 1 aromatic heterocycles. The van der Waals surface area contributed by atoms with Gasteiger partial charge < -0.3 is 15.4 Å². The Labute approximate surface area is 197 Å². The molecule has 0 radical (unpaired) electrons. The number of rotatable bonds is 9. The minimum Gasteiger partial charge on any atom is -0.379 e. The van der Waals surface area contributed by atoms with Crippen LogP contribution in [-0.4, -0.2) is 80.8 Å². The average Bonchev–Trinajstić information content (AvgIpc) is 3.44. The summed E-state index contributed by atoms with van der Waals surface area (Å²) in [6, 6.07) is 5.32. The van der Waals surface area contributed by atoms with E-state index in [0.717, 1.165) is 58.3 Å². The summed E-state index contributed by atoms with van der Waals surface area (Å²) >= 11 is 1.84. The molecular weight excluding hydrogens is 497 g/mol. The SMILES string of the molecule is CCNC(=NCC(CC)N1CCCC1)NCC(c1cccs1)N1CCOCC1.I. The normalized spacial score (nSPS) is 20.8. The number of nitrogens with one attached hydrogen (secondary N) is 2. The van der Waals surface area contributed by atoms with Gasteiger partial charge in [-0.25, -0.2) is 0 Å². The number of aliphatic imine (C=N–C) groups is 1. The summed E-state index contributed by atoms with van der Waals surface area (Å²) < 4.78 is 5.56. The molecule has 3 rings (SSSR count). The molecule has 0 amide bonds. The molecule has 29 heavy (non-hydrogen) atoms. The molecule has 0 saturated carbocycles. The predicted octanol–water partition coefficient (Wildman–Crippen LogP) is 3.17. The molecule has 0 aliphatic carbocycles. The average molecular weight is 536 g/mol. The van der Waals surface area contributed by atoms with Crippen molar-refractivity contribution < 1.29 is 4.74 Å². The second kappa shape index (κ2) is 13.8. The maximum atomic E-state index is 5.56. The van der Waals surface area contributed by atoms with Crippen LogP contribution in [0.4, 0.5) is 0 Å². The van der Waals surface area contributed by atoms with Crippen LogP contribution in [0.25, 0.3) is 0 Å². The number of thiophene rings is 1. The van der Waals surface area contributed by atoms with Gasteiger partial charge in [0.25, 0.3) is 0 Å². The molecule has 6 nitrogen and oxygen atoms in total. The van der Waals surface area contributed by atoms with Crippen LogP contribution in [0, 0.1) is 0 Å². The summed E-state index contributed by atoms with van der Waals surface area (Å²) in [6.45, 7) is 13.1. The lowest BCUT2D eigenvalue weighted by Gasteiger charge is -2.34. The number of morpholine rings is 1. The van der Waals surface area contributed by atoms with Crippen molar-refractivity contribution in [2.45, 2.75) is 45.2 Å². The van der Waals surface area contributed by atoms with Crippen LogP contribution in [0.3, 0.4) is 0 Å². The second-order valence-electron chi connectivity index (χ2n) is 7.59. The van der Waals surface area contributed by atoms with Crippen molar-refractivity contribution in [3.05, 3.63) is 22.4 Å². The minimum atomic E-state index is 0. The Morgan fingerprint density at radius 2 is 1.90 bits per heavy atom. The van der Waals surface area contributed by atoms with Crippen molar-refractivity contribution in [2.24, 2.45) is 4.99 Å². The predicted molar refractivity (Wildman–Crippen MR) is 134 cm³/mol. The fourth-order valence-electron chi connectivity index (χ4n) is 4.12. The number of hydrogen-bond acceptors (Lipinski definition) is 5. The van der Waals surface area contributed by atoms with Gasteiger partial charge in [-0.15, -0.1) is 35.3 Å². The van der Waals surface area contributed by atoms with Crippen LogP contribution in [0.2, 0.25) is 0 Å². The zero-order valence-corrected chi connectivity index (χ0v) is 21.1. The molecule has 8 heteroatoms. The van der Waals surface area contributed by atoms with Gasteiger partial charge in [0, 0.05) is 37.1 Å². The number of nitrogens with zero attached hydrogens (tertiary/aromatic N) is 3. The maximum absolute atomic E-state index is 5.56. The summed E-state index contributed by atoms with van der Waals surface area (Å²) in [6.07, 6.45) is 3.83. The van der Waals surface area contributed by atoms with E-state index < -0.39 is 0 Å². The number of hydrogen-bond donors (Lipinski definition) is 2. The first-order valence-electron chi connectivity index (χ1n) is 10.9. The van der Waals surface area contributed by atoms with Crippen LogP contribution >= 0.6 is 35.3 Å². The topological polar surface area (TPSA) is 52.1 Å². The van der Waals surface area contributed by atoms with E-state index in [1.54, 1.807) is 0 Å². The lowest BCUT2D eigenvalue weighted by Crippen LogP contribution is -2.46. The van der Waals surface area contributed by atoms with E-state index in [2.05, 4.69) is 51.8 Å². The van der Waals surface area contributed by atoms with Gasteiger partial charge in [0.15, 0.2) is 5.96 Å². The third-order valence-electron chi connectivity index (χ3n) is 5.75. The lowest BCUT2D eigenvalue weighted by atomic mass is 10.2. The van der Waals surface area contributed by atoms with Gasteiger partial charge in [0.2, 0.25) is 0 Å². The standard InChI is InChI=1S/C21H37N5OS.HI/c1-3-18(25-9-5-6-10-25)16-23-21(22-4-2)24-17-19(20-8-7-15-28-20)26-11-13-27-14-12-26;/h7-8,15,18-19H,3-6,9-14,16-17H2,1-2H3,(H2,22,23,24);1H. The highest BCUT2D eigenvalue weighted by molar-refractivity contribution is 14.0. The molecule has 2 fully saturated rings. The fourth-order valence-corrected chi connectivity index (χ4v) is 4.98. The van der Waals surface area contributed by atoms with Crippen LogP contribution in [0.15, 0.2) is 22.5 Å². The van der Waals surface area contributed by atoms with Crippen LogP contribution in [0.5, 0.6) is 0 Å². The molecule has 2 aliphatic heterocycles. The van der Waals surface area contributed by atoms with E-state index in [4.69, 9.17) is 9.73 Å². The molecule has 0 bridgehead atoms. The van der Waals surface area contributed by atoms with Crippen molar-refractivity contribution in [1.29, 1.82) is 0 Å². The Balaban J connectivity index is 0.00000300. The Bertz CT molecular complexity index is 574. The van der Waals surface area contributed by atoms with E-state index in [9.17, 15) is 0 Å². The van der Waals surface area contributed by atoms with Crippen molar-refractivity contribution >= 4 is 41.3 Å². The summed E-state index contributed by atoms with van der Waals surface area (Å²) in [7, 11) is 0. The monoisotopic (exact) mass is 535 g/mol. The number of likely N-dealkylation sites (tertiary alicyclic amines) is 1. The molecule has 2 aliphatic rings. The molecular formula is C21H38IN5OS. The quantitative estimate of drug-likeness (QED) is 0.289. The Morgan fingerprint density at radius 1 is 1.14 bits per heavy atom. The van der Waals surface area contributed by atoms with Crippen LogP contribution in [-0.2, 0) is 4.74 Å². The first-order chi connectivity index (χ1) is 13.8. The van der Waals surface area contributed by atoms with Gasteiger partial charge in [-0.2, -0.15) is 0 Å². The van der Waals surface area contributed by atoms with Crippen LogP contribution < -0.4 is 10.6 Å². The third kappa shape index (κ3) is 7.65. The molecule has 166 valence electrons. The van der Waals surface area contributed by atoms with E-state index in [1.807, 2.05) is 11.3 Å². The fraction of sp³-hybridized carbons (Fsp3) is 0.762. The third-order valence-corrected chi connectivity index (χ3v) is 6.73. The van der Waals surface area contributed by atoms with E-state index >= 15 is 0 Å². The highest BCUT2D eigenvalue weighted by Gasteiger charge is 2.24. The van der Waals surface area contributed by atoms with Crippen molar-refractivity contribution in [2.75, 3.05) is 59.0 Å². The summed E-state index contributed by atoms with van der Waals surface area (Å²) in [5.41, 5.74) is 0. The first kappa shape index (κ1) is 24.8. The maximum Gasteiger partial charge on any atom is 0.191 e. The first-order valence-corrected chi connectivity index (χ1v) is 11.8. The number of ether oxygens (including phenoxy) is 1. The van der Waals surface area contributed by atoms with Gasteiger partial charge in [0.1, 0.15) is 0 Å². The smallest absolute Gasteiger partial charge is 0.191 e. The van der Waals surface area contributed by atoms with Crippen LogP contribution in [0.1, 0.15) is 44.0 Å². The zero-order chi connectivity index (χ0) is 19.6. The zero-order valence-electron chi connectivity index (χ0n) is 17.9. The Kier molecular flexibility index (Phi) is 11.8. The van der Waals surface area contributed by atoms with E-state index in [1.165, 1.54) is 30.8 Å². The van der Waals surface area contributed by atoms with Crippen molar-refractivity contribution in [3.8, 4) is 0 Å². The summed E-state index contributed by atoms with van der Waals surface area (Å²) in [5.74, 6) is 0.940. The Hall–Kier alpha value is -0.420. The Morgan fingerprint density at radius 3 is 2.52 bits per heavy atom. The number of guanidine groups is 1. The molecule has 0 spiro atoms. The number of halogens is 1. The summed E-state index contributed by atoms with van der Waals surface area (Å²) in [4.78, 5) is 11.5. The molecule has 0 aromatic carbocycles. The van der Waals surface area contributed by atoms with Gasteiger partial charge in [-0.1, -0.05) is 13.0 Å². The molecule has 1 aromatic rings. The molecule has 2 saturated heterocycles. The van der Waals surface area contributed by atoms with E-state index in [-0.39, 0.29) is 24.0 Å². The molecule has 2 atom stereocenters. The van der Waals surface area contributed by atoms with E-state index in [0.29, 0.717) is 12.1 Å². The molecule has 2 unspecified atom stereocenters. The minimum absolute atomic E-state index is 0. The molecule has 2 N–H and O–H groups in total. The lowest BCUT2D eigenvalue weighted by molar-refractivity contribution is 0.0177. The van der Waals surface area contributed by atoms with Crippen molar-refractivity contribution in [1.82, 2.24) is 20.4 Å².